The van der Waals surface area contributed by atoms with Gasteiger partial charge in [-0.3, -0.25) is 4.98 Å². The molecule has 110 valence electrons. The number of nitrogens with zero attached hydrogens (tertiary/aromatic N) is 1. The van der Waals surface area contributed by atoms with Crippen LogP contribution >= 0.6 is 0 Å². The lowest BCUT2D eigenvalue weighted by Crippen LogP contribution is -2.42. The van der Waals surface area contributed by atoms with Crippen LogP contribution in [-0.2, 0) is 6.42 Å². The average Bonchev–Trinajstić information content (AvgIpc) is 2.48. The molecule has 0 saturated heterocycles. The van der Waals surface area contributed by atoms with Gasteiger partial charge >= 0.3 is 0 Å². The van der Waals surface area contributed by atoms with E-state index in [0.717, 1.165) is 11.8 Å². The molecule has 2 aliphatic rings. The summed E-state index contributed by atoms with van der Waals surface area (Å²) in [6.45, 7) is 2.42. The lowest BCUT2D eigenvalue weighted by molar-refractivity contribution is 0.199. The van der Waals surface area contributed by atoms with Gasteiger partial charge < -0.3 is 5.32 Å². The molecule has 20 heavy (non-hydrogen) atoms. The van der Waals surface area contributed by atoms with E-state index in [2.05, 4.69) is 31.4 Å². The molecule has 1 aromatic rings. The van der Waals surface area contributed by atoms with Crippen molar-refractivity contribution in [3.63, 3.8) is 0 Å². The number of likely N-dealkylation sites (N-methyl/N-ethyl adjacent to an activating group) is 1. The molecular weight excluding hydrogens is 244 g/mol. The Morgan fingerprint density at radius 2 is 2.15 bits per heavy atom. The number of aromatic nitrogens is 1. The van der Waals surface area contributed by atoms with E-state index in [0.29, 0.717) is 12.0 Å². The quantitative estimate of drug-likeness (QED) is 0.902. The molecule has 4 unspecified atom stereocenters. The van der Waals surface area contributed by atoms with E-state index in [-0.39, 0.29) is 0 Å². The number of hydrogen-bond acceptors (Lipinski definition) is 2. The maximum absolute atomic E-state index is 4.74. The third-order valence-corrected chi connectivity index (χ3v) is 5.49. The number of rotatable bonds is 3. The molecule has 0 radical (unpaired) electrons. The molecule has 0 aromatic carbocycles. The maximum Gasteiger partial charge on any atom is 0.0482 e. The van der Waals surface area contributed by atoms with Crippen molar-refractivity contribution in [2.45, 2.75) is 63.8 Å². The fraction of sp³-hybridized carbons (Fsp3) is 0.722. The first-order valence-corrected chi connectivity index (χ1v) is 8.40. The SMILES string of the molecule is CNC(C1CCCC(C)C1)C1CCCc2cccnc21. The van der Waals surface area contributed by atoms with Gasteiger partial charge in [0.25, 0.3) is 0 Å². The number of nitrogens with one attached hydrogen (secondary N) is 1. The Hall–Kier alpha value is -0.890. The van der Waals surface area contributed by atoms with E-state index in [4.69, 9.17) is 4.98 Å². The Balaban J connectivity index is 1.83. The van der Waals surface area contributed by atoms with Crippen LogP contribution in [0.2, 0.25) is 0 Å². The second-order valence-electron chi connectivity index (χ2n) is 6.89. The first-order chi connectivity index (χ1) is 9.79. The Morgan fingerprint density at radius 1 is 1.25 bits per heavy atom. The molecule has 0 amide bonds. The van der Waals surface area contributed by atoms with Crippen molar-refractivity contribution in [1.82, 2.24) is 10.3 Å². The lowest BCUT2D eigenvalue weighted by atomic mass is 9.71. The van der Waals surface area contributed by atoms with E-state index >= 15 is 0 Å². The van der Waals surface area contributed by atoms with Crippen molar-refractivity contribution in [1.29, 1.82) is 0 Å². The summed E-state index contributed by atoms with van der Waals surface area (Å²) in [5.74, 6) is 2.36. The number of hydrogen-bond donors (Lipinski definition) is 1. The van der Waals surface area contributed by atoms with Gasteiger partial charge in [0.15, 0.2) is 0 Å². The molecule has 1 heterocycles. The largest absolute Gasteiger partial charge is 0.316 e. The zero-order chi connectivity index (χ0) is 13.9. The van der Waals surface area contributed by atoms with Gasteiger partial charge in [0.05, 0.1) is 0 Å². The predicted molar refractivity (Wildman–Crippen MR) is 83.9 cm³/mol. The molecule has 1 aromatic heterocycles. The smallest absolute Gasteiger partial charge is 0.0482 e. The topological polar surface area (TPSA) is 24.9 Å². The van der Waals surface area contributed by atoms with E-state index in [9.17, 15) is 0 Å². The van der Waals surface area contributed by atoms with E-state index in [1.165, 1.54) is 56.2 Å². The van der Waals surface area contributed by atoms with Crippen LogP contribution in [-0.4, -0.2) is 18.1 Å². The maximum atomic E-state index is 4.74. The molecule has 2 aliphatic carbocycles. The highest BCUT2D eigenvalue weighted by Gasteiger charge is 2.34. The minimum atomic E-state index is 0.617. The number of fused-ring (bicyclic) bond motifs is 1. The van der Waals surface area contributed by atoms with Crippen molar-refractivity contribution < 1.29 is 0 Å². The van der Waals surface area contributed by atoms with Crippen molar-refractivity contribution in [2.24, 2.45) is 11.8 Å². The zero-order valence-electron chi connectivity index (χ0n) is 12.9. The minimum Gasteiger partial charge on any atom is -0.316 e. The van der Waals surface area contributed by atoms with Gasteiger partial charge in [0, 0.05) is 23.9 Å². The molecule has 0 spiro atoms. The second kappa shape index (κ2) is 6.26. The van der Waals surface area contributed by atoms with Crippen LogP contribution in [0.5, 0.6) is 0 Å². The Labute approximate surface area is 123 Å². The van der Waals surface area contributed by atoms with Crippen molar-refractivity contribution in [3.8, 4) is 0 Å². The van der Waals surface area contributed by atoms with Gasteiger partial charge in [-0.15, -0.1) is 0 Å². The minimum absolute atomic E-state index is 0.617. The Kier molecular flexibility index (Phi) is 4.40. The summed E-state index contributed by atoms with van der Waals surface area (Å²) in [4.78, 5) is 4.74. The highest BCUT2D eigenvalue weighted by atomic mass is 14.9. The number of pyridine rings is 1. The van der Waals surface area contributed by atoms with Crippen LogP contribution in [0.4, 0.5) is 0 Å². The Bertz CT molecular complexity index is 443. The molecule has 0 bridgehead atoms. The van der Waals surface area contributed by atoms with Crippen LogP contribution in [0.1, 0.15) is 62.6 Å². The molecule has 2 nitrogen and oxygen atoms in total. The molecule has 1 saturated carbocycles. The second-order valence-corrected chi connectivity index (χ2v) is 6.89. The highest BCUT2D eigenvalue weighted by Crippen LogP contribution is 2.40. The summed E-state index contributed by atoms with van der Waals surface area (Å²) >= 11 is 0. The van der Waals surface area contributed by atoms with Gasteiger partial charge in [-0.25, -0.2) is 0 Å². The van der Waals surface area contributed by atoms with Gasteiger partial charge in [-0.1, -0.05) is 25.8 Å². The van der Waals surface area contributed by atoms with Gasteiger partial charge in [0.2, 0.25) is 0 Å². The summed E-state index contributed by atoms with van der Waals surface area (Å²) < 4.78 is 0. The first kappa shape index (κ1) is 14.1. The predicted octanol–water partition coefficient (Wildman–Crippen LogP) is 3.92. The monoisotopic (exact) mass is 272 g/mol. The Morgan fingerprint density at radius 3 is 2.95 bits per heavy atom. The summed E-state index contributed by atoms with van der Waals surface area (Å²) in [6, 6.07) is 5.00. The van der Waals surface area contributed by atoms with Gasteiger partial charge in [-0.05, 0) is 62.6 Å². The molecular formula is C18H28N2. The summed E-state index contributed by atoms with van der Waals surface area (Å²) in [6.07, 6.45) is 11.5. The van der Waals surface area contributed by atoms with Crippen LogP contribution in [0.15, 0.2) is 18.3 Å². The molecule has 1 fully saturated rings. The normalized spacial score (nSPS) is 31.6. The fourth-order valence-electron chi connectivity index (χ4n) is 4.57. The first-order valence-electron chi connectivity index (χ1n) is 8.40. The third kappa shape index (κ3) is 2.76. The van der Waals surface area contributed by atoms with Crippen molar-refractivity contribution >= 4 is 0 Å². The number of aryl methyl sites for hydroxylation is 1. The van der Waals surface area contributed by atoms with Crippen molar-refractivity contribution in [3.05, 3.63) is 29.6 Å². The summed E-state index contributed by atoms with van der Waals surface area (Å²) in [5.41, 5.74) is 2.88. The zero-order valence-corrected chi connectivity index (χ0v) is 12.9. The molecule has 3 rings (SSSR count). The van der Waals surface area contributed by atoms with Gasteiger partial charge in [0.1, 0.15) is 0 Å². The molecule has 1 N–H and O–H groups in total. The third-order valence-electron chi connectivity index (χ3n) is 5.49. The summed E-state index contributed by atoms with van der Waals surface area (Å²) in [7, 11) is 2.15. The van der Waals surface area contributed by atoms with Crippen LogP contribution in [0.3, 0.4) is 0 Å². The van der Waals surface area contributed by atoms with E-state index < -0.39 is 0 Å². The highest BCUT2D eigenvalue weighted by molar-refractivity contribution is 5.27. The van der Waals surface area contributed by atoms with Crippen molar-refractivity contribution in [2.75, 3.05) is 7.05 Å². The molecule has 0 aliphatic heterocycles. The van der Waals surface area contributed by atoms with Gasteiger partial charge in [-0.2, -0.15) is 0 Å². The lowest BCUT2D eigenvalue weighted by Gasteiger charge is -2.39. The standard InChI is InChI=1S/C18H28N2/c1-13-6-3-8-15(12-13)17(19-2)16-10-4-7-14-9-5-11-20-18(14)16/h5,9,11,13,15-17,19H,3-4,6-8,10,12H2,1-2H3. The molecule has 4 atom stereocenters. The van der Waals surface area contributed by atoms with Crippen LogP contribution < -0.4 is 5.32 Å². The van der Waals surface area contributed by atoms with E-state index in [1.54, 1.807) is 0 Å². The fourth-order valence-corrected chi connectivity index (χ4v) is 4.57. The summed E-state index contributed by atoms with van der Waals surface area (Å²) in [5, 5.41) is 3.66. The van der Waals surface area contributed by atoms with Crippen LogP contribution in [0, 0.1) is 11.8 Å². The van der Waals surface area contributed by atoms with E-state index in [1.807, 2.05) is 6.20 Å². The average molecular weight is 272 g/mol. The van der Waals surface area contributed by atoms with Crippen LogP contribution in [0.25, 0.3) is 0 Å². The molecule has 2 heteroatoms.